The zero-order chi connectivity index (χ0) is 17.4. The zero-order valence-corrected chi connectivity index (χ0v) is 13.4. The first-order chi connectivity index (χ1) is 11.6. The smallest absolute Gasteiger partial charge is 0.243 e. The maximum absolute atomic E-state index is 11.0. The van der Waals surface area contributed by atoms with E-state index < -0.39 is 12.0 Å². The molecule has 24 heavy (non-hydrogen) atoms. The van der Waals surface area contributed by atoms with Crippen LogP contribution in [-0.4, -0.2) is 29.9 Å². The number of rotatable bonds is 8. The monoisotopic (exact) mass is 331 g/mol. The minimum Gasteiger partial charge on any atom is -0.497 e. The van der Waals surface area contributed by atoms with Crippen molar-refractivity contribution in [2.75, 3.05) is 13.7 Å². The average Bonchev–Trinajstić information content (AvgIpc) is 2.64. The number of carbonyl (C=O) groups excluding carboxylic acids is 1. The van der Waals surface area contributed by atoms with Gasteiger partial charge in [-0.1, -0.05) is 24.3 Å². The molecule has 0 spiro atoms. The number of nitrogens with one attached hydrogen (secondary N) is 1. The number of methoxy groups -OCH3 is 1. The SMILES string of the molecule is COc1cccc(C(O)COc2ccc(CCC(=O)NO)cc2)c1. The lowest BCUT2D eigenvalue weighted by atomic mass is 10.1. The predicted octanol–water partition coefficient (Wildman–Crippen LogP) is 2.25. The number of aliphatic hydroxyl groups is 1. The lowest BCUT2D eigenvalue weighted by molar-refractivity contribution is -0.129. The van der Waals surface area contributed by atoms with Crippen LogP contribution in [0.15, 0.2) is 48.5 Å². The molecule has 6 heteroatoms. The van der Waals surface area contributed by atoms with E-state index in [1.807, 2.05) is 30.3 Å². The molecule has 0 heterocycles. The summed E-state index contributed by atoms with van der Waals surface area (Å²) in [6.07, 6.45) is -0.0160. The fourth-order valence-electron chi connectivity index (χ4n) is 2.19. The van der Waals surface area contributed by atoms with Crippen molar-refractivity contribution in [2.45, 2.75) is 18.9 Å². The molecule has 2 aromatic rings. The van der Waals surface area contributed by atoms with E-state index >= 15 is 0 Å². The summed E-state index contributed by atoms with van der Waals surface area (Å²) in [4.78, 5) is 11.0. The quantitative estimate of drug-likeness (QED) is 0.510. The molecule has 0 saturated carbocycles. The minimum absolute atomic E-state index is 0.124. The maximum atomic E-state index is 11.0. The summed E-state index contributed by atoms with van der Waals surface area (Å²) in [6, 6.07) is 14.5. The number of amides is 1. The van der Waals surface area contributed by atoms with E-state index in [2.05, 4.69) is 0 Å². The van der Waals surface area contributed by atoms with Gasteiger partial charge >= 0.3 is 0 Å². The lowest BCUT2D eigenvalue weighted by Crippen LogP contribution is -2.18. The molecule has 2 aromatic carbocycles. The summed E-state index contributed by atoms with van der Waals surface area (Å²) in [5.74, 6) is 0.895. The van der Waals surface area contributed by atoms with Gasteiger partial charge in [0.05, 0.1) is 7.11 Å². The largest absolute Gasteiger partial charge is 0.497 e. The van der Waals surface area contributed by atoms with Crippen molar-refractivity contribution in [3.63, 3.8) is 0 Å². The van der Waals surface area contributed by atoms with Gasteiger partial charge in [-0.15, -0.1) is 0 Å². The maximum Gasteiger partial charge on any atom is 0.243 e. The second-order valence-corrected chi connectivity index (χ2v) is 5.28. The second kappa shape index (κ2) is 8.90. The van der Waals surface area contributed by atoms with Crippen LogP contribution in [-0.2, 0) is 11.2 Å². The lowest BCUT2D eigenvalue weighted by Gasteiger charge is -2.14. The fourth-order valence-corrected chi connectivity index (χ4v) is 2.19. The predicted molar refractivity (Wildman–Crippen MR) is 88.1 cm³/mol. The van der Waals surface area contributed by atoms with Gasteiger partial charge in [-0.05, 0) is 41.8 Å². The Bertz CT molecular complexity index is 657. The molecular formula is C18H21NO5. The third-order valence-corrected chi connectivity index (χ3v) is 3.58. The highest BCUT2D eigenvalue weighted by atomic mass is 16.5. The molecule has 128 valence electrons. The van der Waals surface area contributed by atoms with Crippen LogP contribution in [0.5, 0.6) is 11.5 Å². The Labute approximate surface area is 140 Å². The normalized spacial score (nSPS) is 11.6. The fraction of sp³-hybridized carbons (Fsp3) is 0.278. The van der Waals surface area contributed by atoms with Crippen molar-refractivity contribution >= 4 is 5.91 Å². The van der Waals surface area contributed by atoms with Crippen LogP contribution in [0.4, 0.5) is 0 Å². The first kappa shape index (κ1) is 17.8. The first-order valence-corrected chi connectivity index (χ1v) is 7.59. The van der Waals surface area contributed by atoms with E-state index in [9.17, 15) is 9.90 Å². The molecule has 0 radical (unpaired) electrons. The molecule has 6 nitrogen and oxygen atoms in total. The van der Waals surface area contributed by atoms with Gasteiger partial charge in [-0.3, -0.25) is 10.0 Å². The number of ether oxygens (including phenoxy) is 2. The van der Waals surface area contributed by atoms with Crippen molar-refractivity contribution in [1.82, 2.24) is 5.48 Å². The van der Waals surface area contributed by atoms with Gasteiger partial charge in [0.2, 0.25) is 5.91 Å². The second-order valence-electron chi connectivity index (χ2n) is 5.28. The van der Waals surface area contributed by atoms with Gasteiger partial charge in [0.1, 0.15) is 24.2 Å². The van der Waals surface area contributed by atoms with Crippen LogP contribution in [0.3, 0.4) is 0 Å². The molecule has 1 atom stereocenters. The number of hydrogen-bond acceptors (Lipinski definition) is 5. The van der Waals surface area contributed by atoms with E-state index in [0.717, 1.165) is 11.1 Å². The van der Waals surface area contributed by atoms with Gasteiger partial charge in [-0.2, -0.15) is 0 Å². The van der Waals surface area contributed by atoms with Crippen LogP contribution in [0.25, 0.3) is 0 Å². The summed E-state index contributed by atoms with van der Waals surface area (Å²) in [7, 11) is 1.58. The molecule has 0 saturated heterocycles. The number of aliphatic hydroxyl groups excluding tert-OH is 1. The molecule has 1 unspecified atom stereocenters. The number of hydroxylamine groups is 1. The molecule has 0 aliphatic heterocycles. The summed E-state index contributed by atoms with van der Waals surface area (Å²) < 4.78 is 10.7. The van der Waals surface area contributed by atoms with E-state index in [0.29, 0.717) is 17.9 Å². The average molecular weight is 331 g/mol. The van der Waals surface area contributed by atoms with Gasteiger partial charge < -0.3 is 14.6 Å². The molecule has 0 aliphatic carbocycles. The Balaban J connectivity index is 1.86. The third kappa shape index (κ3) is 5.26. The van der Waals surface area contributed by atoms with Crippen LogP contribution in [0, 0.1) is 0 Å². The van der Waals surface area contributed by atoms with Crippen molar-refractivity contribution in [3.05, 3.63) is 59.7 Å². The van der Waals surface area contributed by atoms with Crippen molar-refractivity contribution < 1.29 is 24.6 Å². The summed E-state index contributed by atoms with van der Waals surface area (Å²) >= 11 is 0. The third-order valence-electron chi connectivity index (χ3n) is 3.58. The highest BCUT2D eigenvalue weighted by Crippen LogP contribution is 2.21. The molecule has 2 rings (SSSR count). The van der Waals surface area contributed by atoms with Crippen molar-refractivity contribution in [2.24, 2.45) is 0 Å². The van der Waals surface area contributed by atoms with E-state index in [4.69, 9.17) is 14.7 Å². The standard InChI is InChI=1S/C18H21NO5/c1-23-16-4-2-3-14(11-16)17(20)12-24-15-8-5-13(6-9-15)7-10-18(21)19-22/h2-6,8-9,11,17,20,22H,7,10,12H2,1H3,(H,19,21). The van der Waals surface area contributed by atoms with Gasteiger partial charge in [0.15, 0.2) is 0 Å². The van der Waals surface area contributed by atoms with Crippen LogP contribution >= 0.6 is 0 Å². The molecule has 0 fully saturated rings. The topological polar surface area (TPSA) is 88.0 Å². The van der Waals surface area contributed by atoms with Crippen molar-refractivity contribution in [3.8, 4) is 11.5 Å². The first-order valence-electron chi connectivity index (χ1n) is 7.59. The molecular weight excluding hydrogens is 310 g/mol. The summed E-state index contributed by atoms with van der Waals surface area (Å²) in [5, 5.41) is 18.6. The molecule has 0 bridgehead atoms. The van der Waals surface area contributed by atoms with Gasteiger partial charge in [0.25, 0.3) is 0 Å². The Morgan fingerprint density at radius 1 is 1.17 bits per heavy atom. The van der Waals surface area contributed by atoms with Crippen LogP contribution < -0.4 is 15.0 Å². The Morgan fingerprint density at radius 3 is 2.58 bits per heavy atom. The summed E-state index contributed by atoms with van der Waals surface area (Å²) in [6.45, 7) is 0.124. The van der Waals surface area contributed by atoms with E-state index in [1.165, 1.54) is 0 Å². The Morgan fingerprint density at radius 2 is 1.92 bits per heavy atom. The highest BCUT2D eigenvalue weighted by molar-refractivity contribution is 5.74. The van der Waals surface area contributed by atoms with Gasteiger partial charge in [0, 0.05) is 6.42 Å². The Kier molecular flexibility index (Phi) is 6.60. The number of benzene rings is 2. The molecule has 0 aromatic heterocycles. The highest BCUT2D eigenvalue weighted by Gasteiger charge is 2.09. The molecule has 1 amide bonds. The number of hydrogen-bond donors (Lipinski definition) is 3. The van der Waals surface area contributed by atoms with Crippen molar-refractivity contribution in [1.29, 1.82) is 0 Å². The number of carbonyl (C=O) groups is 1. The molecule has 0 aliphatic rings. The Hall–Kier alpha value is -2.57. The van der Waals surface area contributed by atoms with E-state index in [-0.39, 0.29) is 13.0 Å². The zero-order valence-electron chi connectivity index (χ0n) is 13.4. The number of aryl methyl sites for hydroxylation is 1. The van der Waals surface area contributed by atoms with Gasteiger partial charge in [-0.25, -0.2) is 5.48 Å². The van der Waals surface area contributed by atoms with Crippen LogP contribution in [0.1, 0.15) is 23.7 Å². The van der Waals surface area contributed by atoms with Crippen LogP contribution in [0.2, 0.25) is 0 Å². The molecule has 3 N–H and O–H groups in total. The van der Waals surface area contributed by atoms with E-state index in [1.54, 1.807) is 30.8 Å². The minimum atomic E-state index is -0.756. The summed E-state index contributed by atoms with van der Waals surface area (Å²) in [5.41, 5.74) is 3.28.